The van der Waals surface area contributed by atoms with Crippen LogP contribution in [0.3, 0.4) is 0 Å². The Morgan fingerprint density at radius 1 is 1.05 bits per heavy atom. The average Bonchev–Trinajstić information content (AvgIpc) is 2.45. The molecule has 0 saturated heterocycles. The molecule has 0 N–H and O–H groups in total. The van der Waals surface area contributed by atoms with Crippen molar-refractivity contribution in [3.63, 3.8) is 0 Å². The molecule has 2 aromatic carbocycles. The van der Waals surface area contributed by atoms with Gasteiger partial charge in [-0.2, -0.15) is 0 Å². The number of rotatable bonds is 1. The molecule has 1 heterocycles. The van der Waals surface area contributed by atoms with Gasteiger partial charge < -0.3 is 0 Å². The third-order valence-electron chi connectivity index (χ3n) is 3.49. The maximum absolute atomic E-state index is 13.9. The van der Waals surface area contributed by atoms with Crippen molar-refractivity contribution < 1.29 is 4.39 Å². The van der Waals surface area contributed by atoms with E-state index in [0.717, 1.165) is 14.7 Å². The van der Waals surface area contributed by atoms with Crippen LogP contribution >= 0.6 is 0 Å². The molecule has 0 aliphatic rings. The summed E-state index contributed by atoms with van der Waals surface area (Å²) in [5, 5.41) is 0.179. The molecule has 0 radical (unpaired) electrons. The summed E-state index contributed by atoms with van der Waals surface area (Å²) in [6.07, 6.45) is 0. The molecule has 21 heavy (non-hydrogen) atoms. The summed E-state index contributed by atoms with van der Waals surface area (Å²) in [6.45, 7) is 1.87. The number of aryl methyl sites for hydroxylation is 2. The first-order chi connectivity index (χ1) is 10.0. The highest BCUT2D eigenvalue weighted by molar-refractivity contribution is 5.78. The number of benzene rings is 2. The van der Waals surface area contributed by atoms with Gasteiger partial charge in [0.05, 0.1) is 16.6 Å². The summed E-state index contributed by atoms with van der Waals surface area (Å²) >= 11 is 0. The lowest BCUT2D eigenvalue weighted by Gasteiger charge is -2.11. The van der Waals surface area contributed by atoms with Crippen molar-refractivity contribution in [2.75, 3.05) is 0 Å². The van der Waals surface area contributed by atoms with Crippen LogP contribution in [0.15, 0.2) is 52.1 Å². The zero-order chi connectivity index (χ0) is 15.1. The predicted octanol–water partition coefficient (Wildman–Crippen LogP) is 2.14. The van der Waals surface area contributed by atoms with E-state index in [4.69, 9.17) is 0 Å². The summed E-state index contributed by atoms with van der Waals surface area (Å²) in [5.41, 5.74) is 0.352. The lowest BCUT2D eigenvalue weighted by atomic mass is 10.2. The minimum Gasteiger partial charge on any atom is -0.293 e. The van der Waals surface area contributed by atoms with Crippen molar-refractivity contribution in [1.82, 2.24) is 9.13 Å². The number of hydrogen-bond acceptors (Lipinski definition) is 2. The molecule has 0 bridgehead atoms. The molecule has 0 fully saturated rings. The fraction of sp³-hybridized carbons (Fsp3) is 0.125. The minimum atomic E-state index is -0.583. The Bertz CT molecular complexity index is 970. The largest absolute Gasteiger partial charge is 0.335 e. The zero-order valence-corrected chi connectivity index (χ0v) is 11.6. The van der Waals surface area contributed by atoms with Crippen molar-refractivity contribution >= 4 is 10.9 Å². The van der Waals surface area contributed by atoms with Gasteiger partial charge in [-0.25, -0.2) is 13.8 Å². The van der Waals surface area contributed by atoms with Gasteiger partial charge in [-0.1, -0.05) is 18.2 Å². The van der Waals surface area contributed by atoms with E-state index in [9.17, 15) is 14.0 Å². The van der Waals surface area contributed by atoms with Crippen LogP contribution in [0.1, 0.15) is 5.56 Å². The molecule has 1 aromatic heterocycles. The fourth-order valence-corrected chi connectivity index (χ4v) is 2.48. The SMILES string of the molecule is Cc1cccc(-n2c(=O)c3cccc(F)c3n(C)c2=O)c1. The Morgan fingerprint density at radius 3 is 2.48 bits per heavy atom. The van der Waals surface area contributed by atoms with Gasteiger partial charge in [0.2, 0.25) is 0 Å². The number of halogens is 1. The van der Waals surface area contributed by atoms with Gasteiger partial charge in [0.25, 0.3) is 5.56 Å². The van der Waals surface area contributed by atoms with E-state index in [1.165, 1.54) is 25.2 Å². The average molecular weight is 284 g/mol. The Kier molecular flexibility index (Phi) is 2.97. The lowest BCUT2D eigenvalue weighted by Crippen LogP contribution is -2.38. The lowest BCUT2D eigenvalue weighted by molar-refractivity contribution is 0.624. The van der Waals surface area contributed by atoms with E-state index in [-0.39, 0.29) is 10.9 Å². The molecule has 3 rings (SSSR count). The van der Waals surface area contributed by atoms with Crippen LogP contribution in [0.25, 0.3) is 16.6 Å². The van der Waals surface area contributed by atoms with E-state index in [2.05, 4.69) is 0 Å². The maximum atomic E-state index is 13.9. The molecule has 5 heteroatoms. The number of aromatic nitrogens is 2. The molecule has 106 valence electrons. The van der Waals surface area contributed by atoms with Crippen molar-refractivity contribution in [3.05, 3.63) is 74.7 Å². The summed E-state index contributed by atoms with van der Waals surface area (Å²) in [6, 6.07) is 11.3. The molecule has 3 aromatic rings. The first-order valence-corrected chi connectivity index (χ1v) is 6.48. The highest BCUT2D eigenvalue weighted by Gasteiger charge is 2.14. The Morgan fingerprint density at radius 2 is 1.76 bits per heavy atom. The Labute approximate surface area is 119 Å². The zero-order valence-electron chi connectivity index (χ0n) is 11.6. The van der Waals surface area contributed by atoms with Gasteiger partial charge >= 0.3 is 5.69 Å². The fourth-order valence-electron chi connectivity index (χ4n) is 2.48. The predicted molar refractivity (Wildman–Crippen MR) is 79.5 cm³/mol. The summed E-state index contributed by atoms with van der Waals surface area (Å²) < 4.78 is 16.1. The second-order valence-corrected chi connectivity index (χ2v) is 4.96. The molecular weight excluding hydrogens is 271 g/mol. The van der Waals surface area contributed by atoms with Gasteiger partial charge in [-0.3, -0.25) is 9.36 Å². The summed E-state index contributed by atoms with van der Waals surface area (Å²) in [7, 11) is 1.46. The van der Waals surface area contributed by atoms with Crippen LogP contribution in [-0.2, 0) is 7.05 Å². The molecule has 0 spiro atoms. The van der Waals surface area contributed by atoms with Crippen molar-refractivity contribution in [2.24, 2.45) is 7.05 Å². The number of hydrogen-bond donors (Lipinski definition) is 0. The van der Waals surface area contributed by atoms with E-state index in [1.54, 1.807) is 18.2 Å². The monoisotopic (exact) mass is 284 g/mol. The number of fused-ring (bicyclic) bond motifs is 1. The van der Waals surface area contributed by atoms with Crippen LogP contribution in [0.2, 0.25) is 0 Å². The van der Waals surface area contributed by atoms with Gasteiger partial charge in [0.15, 0.2) is 0 Å². The minimum absolute atomic E-state index is 0.0244. The standard InChI is InChI=1S/C16H13FN2O2/c1-10-5-3-6-11(9-10)19-15(20)12-7-4-8-13(17)14(12)18(2)16(19)21/h3-9H,1-2H3. The molecular formula is C16H13FN2O2. The third-order valence-corrected chi connectivity index (χ3v) is 3.49. The maximum Gasteiger partial charge on any atom is 0.335 e. The highest BCUT2D eigenvalue weighted by atomic mass is 19.1. The topological polar surface area (TPSA) is 44.0 Å². The van der Waals surface area contributed by atoms with Crippen LogP contribution in [0.5, 0.6) is 0 Å². The molecule has 0 atom stereocenters. The molecule has 0 amide bonds. The quantitative estimate of drug-likeness (QED) is 0.687. The van der Waals surface area contributed by atoms with E-state index >= 15 is 0 Å². The Balaban J connectivity index is 2.52. The number of nitrogens with zero attached hydrogens (tertiary/aromatic N) is 2. The molecule has 0 unspecified atom stereocenters. The normalized spacial score (nSPS) is 11.0. The molecule has 0 saturated carbocycles. The van der Waals surface area contributed by atoms with E-state index in [0.29, 0.717) is 5.69 Å². The van der Waals surface area contributed by atoms with Crippen molar-refractivity contribution in [3.8, 4) is 5.69 Å². The first kappa shape index (κ1) is 13.3. The van der Waals surface area contributed by atoms with Gasteiger partial charge in [-0.15, -0.1) is 0 Å². The first-order valence-electron chi connectivity index (χ1n) is 6.48. The molecule has 0 aliphatic heterocycles. The second kappa shape index (κ2) is 4.70. The van der Waals surface area contributed by atoms with Crippen molar-refractivity contribution in [2.45, 2.75) is 6.92 Å². The third kappa shape index (κ3) is 1.98. The van der Waals surface area contributed by atoms with Crippen LogP contribution in [-0.4, -0.2) is 9.13 Å². The van der Waals surface area contributed by atoms with Crippen molar-refractivity contribution in [1.29, 1.82) is 0 Å². The van der Waals surface area contributed by atoms with E-state index in [1.807, 2.05) is 13.0 Å². The van der Waals surface area contributed by atoms with Gasteiger partial charge in [0, 0.05) is 7.05 Å². The Hall–Kier alpha value is -2.69. The molecule has 0 aliphatic carbocycles. The van der Waals surface area contributed by atoms with Crippen LogP contribution in [0, 0.1) is 12.7 Å². The smallest absolute Gasteiger partial charge is 0.293 e. The van der Waals surface area contributed by atoms with Gasteiger partial charge in [0.1, 0.15) is 5.82 Å². The van der Waals surface area contributed by atoms with Crippen LogP contribution < -0.4 is 11.2 Å². The summed E-state index contributed by atoms with van der Waals surface area (Å²) in [5.74, 6) is -0.583. The molecule has 4 nitrogen and oxygen atoms in total. The van der Waals surface area contributed by atoms with E-state index < -0.39 is 17.1 Å². The number of para-hydroxylation sites is 1. The summed E-state index contributed by atoms with van der Waals surface area (Å²) in [4.78, 5) is 25.0. The highest BCUT2D eigenvalue weighted by Crippen LogP contribution is 2.13. The van der Waals surface area contributed by atoms with Crippen LogP contribution in [0.4, 0.5) is 4.39 Å². The second-order valence-electron chi connectivity index (χ2n) is 4.96. The van der Waals surface area contributed by atoms with Gasteiger partial charge in [-0.05, 0) is 36.8 Å².